The van der Waals surface area contributed by atoms with Crippen LogP contribution in [0.4, 0.5) is 0 Å². The van der Waals surface area contributed by atoms with Crippen molar-refractivity contribution >= 4 is 43.5 Å². The monoisotopic (exact) mass is 1790 g/mol. The number of phosphoric acid groups is 1. The second kappa shape index (κ2) is 80.7. The van der Waals surface area contributed by atoms with Crippen LogP contribution in [-0.2, 0) is 66.3 Å². The molecule has 1 saturated heterocycles. The van der Waals surface area contributed by atoms with Gasteiger partial charge in [-0.25, -0.2) is 4.57 Å². The molecule has 9 atom stereocenters. The Hall–Kier alpha value is -5.11. The Morgan fingerprint density at radius 1 is 0.357 bits per heavy atom. The molecule has 1 fully saturated rings. The van der Waals surface area contributed by atoms with Crippen LogP contribution < -0.4 is 19.7 Å². The highest BCUT2D eigenvalue weighted by Crippen LogP contribution is 2.53. The van der Waals surface area contributed by atoms with Gasteiger partial charge in [0.05, 0.1) is 45.1 Å². The number of phosphoric ester groups is 1. The number of aliphatic hydroxyl groups excluding tert-OH is 2. The second-order valence-electron chi connectivity index (χ2n) is 36.5. The Balaban J connectivity index is 2.18. The molecule has 0 aliphatic carbocycles. The van der Waals surface area contributed by atoms with E-state index in [1.54, 1.807) is 60.7 Å². The summed E-state index contributed by atoms with van der Waals surface area (Å²) < 4.78 is 73.8. The minimum atomic E-state index is -5.02. The van der Waals surface area contributed by atoms with Crippen LogP contribution in [0.1, 0.15) is 485 Å². The average Bonchev–Trinajstić information content (AvgIpc) is 0.771. The molecule has 0 radical (unpaired) electrons. The summed E-state index contributed by atoms with van der Waals surface area (Å²) in [6, 6.07) is 13.6. The zero-order valence-electron chi connectivity index (χ0n) is 80.8. The van der Waals surface area contributed by atoms with Gasteiger partial charge in [-0.15, -0.1) is 0 Å². The average molecular weight is 1790 g/mol. The molecule has 2 amide bonds. The van der Waals surface area contributed by atoms with Crippen LogP contribution in [0.25, 0.3) is 0 Å². The summed E-state index contributed by atoms with van der Waals surface area (Å²) in [5.41, 5.74) is 0. The lowest BCUT2D eigenvalue weighted by molar-refractivity contribution is -0.272. The van der Waals surface area contributed by atoms with Gasteiger partial charge in [0.25, 0.3) is 0 Å². The Bertz CT molecular complexity index is 2900. The fourth-order valence-electron chi connectivity index (χ4n) is 16.9. The third kappa shape index (κ3) is 62.3. The van der Waals surface area contributed by atoms with Crippen LogP contribution in [0.15, 0.2) is 60.7 Å². The van der Waals surface area contributed by atoms with Crippen LogP contribution in [-0.4, -0.2) is 121 Å². The predicted octanol–water partition coefficient (Wildman–Crippen LogP) is 28.0. The van der Waals surface area contributed by atoms with Crippen LogP contribution in [0.2, 0.25) is 0 Å². The van der Waals surface area contributed by atoms with Gasteiger partial charge in [-0.1, -0.05) is 425 Å². The van der Waals surface area contributed by atoms with E-state index in [0.717, 1.165) is 173 Å². The maximum absolute atomic E-state index is 15.9. The maximum Gasteiger partial charge on any atom is 0.588 e. The van der Waals surface area contributed by atoms with Crippen LogP contribution in [0.3, 0.4) is 0 Å². The maximum atomic E-state index is 15.9. The summed E-state index contributed by atoms with van der Waals surface area (Å²) in [5, 5.41) is 28.9. The zero-order chi connectivity index (χ0) is 91.1. The number of rotatable bonds is 89. The van der Waals surface area contributed by atoms with Crippen molar-refractivity contribution in [2.75, 3.05) is 19.8 Å². The highest BCUT2D eigenvalue weighted by Gasteiger charge is 2.54. The number of carbonyl (C=O) groups is 6. The van der Waals surface area contributed by atoms with E-state index in [-0.39, 0.29) is 49.6 Å². The Morgan fingerprint density at radius 2 is 0.643 bits per heavy atom. The van der Waals surface area contributed by atoms with Gasteiger partial charge >= 0.3 is 31.7 Å². The van der Waals surface area contributed by atoms with Gasteiger partial charge in [0.2, 0.25) is 11.8 Å². The summed E-state index contributed by atoms with van der Waals surface area (Å²) >= 11 is 0. The molecule has 4 N–H and O–H groups in total. The van der Waals surface area contributed by atoms with Crippen molar-refractivity contribution in [3.05, 3.63) is 60.7 Å². The Kier molecular flexibility index (Phi) is 73.7. The number of benzene rings is 2. The molecule has 2 aromatic carbocycles. The van der Waals surface area contributed by atoms with Gasteiger partial charge in [-0.2, -0.15) is 0 Å². The lowest BCUT2D eigenvalue weighted by Crippen LogP contribution is -2.66. The van der Waals surface area contributed by atoms with Crippen molar-refractivity contribution < 1.29 is 85.5 Å². The minimum Gasteiger partial charge on any atom is -0.462 e. The minimum absolute atomic E-state index is 0.0729. The van der Waals surface area contributed by atoms with Crippen molar-refractivity contribution in [3.8, 4) is 11.5 Å². The lowest BCUT2D eigenvalue weighted by atomic mass is 9.95. The zero-order valence-corrected chi connectivity index (χ0v) is 81.6. The van der Waals surface area contributed by atoms with Crippen LogP contribution in [0.5, 0.6) is 11.5 Å². The molecule has 21 heteroatoms. The molecule has 3 rings (SSSR count). The molecule has 1 aliphatic heterocycles. The number of unbranched alkanes of at least 4 members (excludes halogenated alkanes) is 54. The van der Waals surface area contributed by atoms with Crippen molar-refractivity contribution in [1.29, 1.82) is 0 Å². The molecule has 20 nitrogen and oxygen atoms in total. The largest absolute Gasteiger partial charge is 0.588 e. The smallest absolute Gasteiger partial charge is 0.462 e. The highest BCUT2D eigenvalue weighted by molar-refractivity contribution is 7.49. The van der Waals surface area contributed by atoms with Gasteiger partial charge < -0.3 is 58.3 Å². The number of para-hydroxylation sites is 2. The predicted molar refractivity (Wildman–Crippen MR) is 511 cm³/mol. The summed E-state index contributed by atoms with van der Waals surface area (Å²) in [5.74, 6) is -3.14. The molecule has 0 bridgehead atoms. The highest BCUT2D eigenvalue weighted by atomic mass is 31.2. The number of esters is 4. The fourth-order valence-corrected chi connectivity index (χ4v) is 18.4. The molecule has 1 heterocycles. The summed E-state index contributed by atoms with van der Waals surface area (Å²) in [7, 11) is -5.02. The van der Waals surface area contributed by atoms with E-state index in [4.69, 9.17) is 42.0 Å². The standard InChI is InChI=1S/C105H185N2O18P/c1-7-13-19-25-31-37-40-46-52-58-70-80-98(112)118-92(77-63-55-49-43-34-28-22-16-10-4)83-96(110)106-89(86-108)88-117-105-102(107-97(111)84-93(78-64-56-50-44-35-29-23-17-11-5)119-99(113)81-71-59-53-47-41-38-32-26-20-14-8-2)104(103(95(87-109)121-105)125-126(116,123-90-73-66-61-67-74-90)124-91-75-68-62-69-76-91)122-101(115)85-94(79-65-57-51-45-36-30-24-18-12-6)120-100(114)82-72-60-54-48-42-39-33-27-21-15-9-3/h61-62,66-69,73-76,89,92-95,102-105,108-109H,7-60,63-65,70-72,77-88H2,1-6H3,(H,106,110)(H,107,111)/t89-,92-,93-,94-,95-,102-,103-,104-,105?/m1/s1. The van der Waals surface area contributed by atoms with Gasteiger partial charge in [0.15, 0.2) is 12.4 Å². The molecular weight excluding hydrogens is 1610 g/mol. The number of ether oxygens (including phenoxy) is 6. The third-order valence-electron chi connectivity index (χ3n) is 24.6. The molecular formula is C105H185N2O18P. The van der Waals surface area contributed by atoms with Crippen molar-refractivity contribution in [1.82, 2.24) is 10.6 Å². The van der Waals surface area contributed by atoms with Gasteiger partial charge in [-0.3, -0.25) is 33.3 Å². The first-order chi connectivity index (χ1) is 61.6. The molecule has 0 aromatic heterocycles. The SMILES string of the molecule is CCCCCCCCCCCCCC(=O)O[C@H](CCCCCCCCCCC)CC(=O)N[C@H](CO)COC1O[C@H](CO)[C@@H](OP(=O)(Oc2ccccc2)Oc2ccccc2)[C@H](OC(=O)C[C@@H](CCCCCCCCCCC)OC(=O)CCCCCCCCCCCCC)[C@H]1NC(=O)C[C@@H](CCCCCCCCCCC)OC(=O)CCCCCCCCCCCCC. The van der Waals surface area contributed by atoms with E-state index >= 15 is 14.2 Å². The summed E-state index contributed by atoms with van der Waals surface area (Å²) in [6.07, 6.45) is 56.9. The third-order valence-corrected chi connectivity index (χ3v) is 26.0. The molecule has 1 unspecified atom stereocenters. The quantitative estimate of drug-likeness (QED) is 0.0207. The number of hydrogen-bond acceptors (Lipinski definition) is 18. The molecule has 1 aliphatic rings. The summed E-state index contributed by atoms with van der Waals surface area (Å²) in [4.78, 5) is 87.3. The fraction of sp³-hybridized carbons (Fsp3) is 0.829. The number of hydrogen-bond donors (Lipinski definition) is 4. The second-order valence-corrected chi connectivity index (χ2v) is 38.0. The first kappa shape index (κ1) is 115. The van der Waals surface area contributed by atoms with E-state index in [1.807, 2.05) is 0 Å². The van der Waals surface area contributed by atoms with Gasteiger partial charge in [0.1, 0.15) is 48.1 Å². The number of nitrogens with one attached hydrogen (secondary N) is 2. The first-order valence-corrected chi connectivity index (χ1v) is 53.7. The number of amides is 2. The van der Waals surface area contributed by atoms with Crippen molar-refractivity contribution in [2.45, 2.75) is 540 Å². The van der Waals surface area contributed by atoms with Crippen molar-refractivity contribution in [3.63, 3.8) is 0 Å². The molecule has 126 heavy (non-hydrogen) atoms. The van der Waals surface area contributed by atoms with Crippen molar-refractivity contribution in [2.24, 2.45) is 0 Å². The van der Waals surface area contributed by atoms with Gasteiger partial charge in [0, 0.05) is 19.3 Å². The molecule has 0 spiro atoms. The Labute approximate surface area is 767 Å². The van der Waals surface area contributed by atoms with Crippen LogP contribution >= 0.6 is 7.82 Å². The summed E-state index contributed by atoms with van der Waals surface area (Å²) in [6.45, 7) is 11.3. The van der Waals surface area contributed by atoms with E-state index in [2.05, 4.69) is 52.2 Å². The molecule has 728 valence electrons. The lowest BCUT2D eigenvalue weighted by Gasteiger charge is -2.45. The normalized spacial score (nSPS) is 16.2. The Morgan fingerprint density at radius 3 is 0.944 bits per heavy atom. The number of aliphatic hydroxyl groups is 2. The van der Waals surface area contributed by atoms with Crippen LogP contribution in [0, 0.1) is 0 Å². The molecule has 0 saturated carbocycles. The number of carbonyl (C=O) groups excluding carboxylic acids is 6. The van der Waals surface area contributed by atoms with E-state index < -0.39 is 119 Å². The van der Waals surface area contributed by atoms with E-state index in [0.29, 0.717) is 51.4 Å². The van der Waals surface area contributed by atoms with E-state index in [1.165, 1.54) is 180 Å². The molecule has 2 aromatic rings. The first-order valence-electron chi connectivity index (χ1n) is 52.3. The van der Waals surface area contributed by atoms with E-state index in [9.17, 15) is 29.4 Å². The topological polar surface area (TPSA) is 267 Å². The van der Waals surface area contributed by atoms with Gasteiger partial charge in [-0.05, 0) is 82.1 Å².